The number of unbranched alkanes of at least 4 members (excludes halogenated alkanes) is 27. The largest absolute Gasteiger partial charge is 0.544 e. The maximum Gasteiger partial charge on any atom is 0.306 e. The second kappa shape index (κ2) is 42.5. The zero-order chi connectivity index (χ0) is 43.5. The Balaban J connectivity index is 4.23. The zero-order valence-electron chi connectivity index (χ0n) is 39.4. The van der Waals surface area contributed by atoms with Gasteiger partial charge in [-0.25, -0.2) is 0 Å². The molecule has 0 amide bonds. The van der Waals surface area contributed by atoms with Gasteiger partial charge in [0.15, 0.2) is 6.10 Å². The summed E-state index contributed by atoms with van der Waals surface area (Å²) in [6.45, 7) is 4.62. The highest BCUT2D eigenvalue weighted by atomic mass is 16.6. The lowest BCUT2D eigenvalue weighted by molar-refractivity contribution is -0.889. The van der Waals surface area contributed by atoms with Crippen molar-refractivity contribution in [2.75, 3.05) is 41.0 Å². The zero-order valence-corrected chi connectivity index (χ0v) is 39.4. The predicted molar refractivity (Wildman–Crippen MR) is 245 cm³/mol. The molecule has 0 radical (unpaired) electrons. The highest BCUT2D eigenvalue weighted by Gasteiger charge is 2.25. The molecule has 2 unspecified atom stereocenters. The van der Waals surface area contributed by atoms with Crippen molar-refractivity contribution in [1.29, 1.82) is 0 Å². The van der Waals surface area contributed by atoms with Crippen molar-refractivity contribution in [2.45, 2.75) is 244 Å². The summed E-state index contributed by atoms with van der Waals surface area (Å²) in [6, 6.07) is -0.730. The highest BCUT2D eigenvalue weighted by Crippen LogP contribution is 2.16. The second-order valence-corrected chi connectivity index (χ2v) is 18.1. The van der Waals surface area contributed by atoms with E-state index >= 15 is 0 Å². The Morgan fingerprint density at radius 1 is 0.508 bits per heavy atom. The Kier molecular flexibility index (Phi) is 40.9. The van der Waals surface area contributed by atoms with Crippen LogP contribution >= 0.6 is 0 Å². The highest BCUT2D eigenvalue weighted by molar-refractivity contribution is 5.70. The van der Waals surface area contributed by atoms with Gasteiger partial charge in [-0.05, 0) is 32.1 Å². The number of esters is 2. The molecule has 0 aliphatic carbocycles. The molecule has 346 valence electrons. The molecule has 0 saturated carbocycles. The first-order valence-corrected chi connectivity index (χ1v) is 24.9. The summed E-state index contributed by atoms with van der Waals surface area (Å²) in [5.74, 6) is -1.80. The van der Waals surface area contributed by atoms with Crippen molar-refractivity contribution in [3.63, 3.8) is 0 Å². The molecule has 0 heterocycles. The average Bonchev–Trinajstić information content (AvgIpc) is 3.19. The van der Waals surface area contributed by atoms with Crippen LogP contribution in [0, 0.1) is 0 Å². The van der Waals surface area contributed by atoms with E-state index in [1.807, 2.05) is 6.08 Å². The van der Waals surface area contributed by atoms with Crippen molar-refractivity contribution in [2.24, 2.45) is 0 Å². The predicted octanol–water partition coefficient (Wildman–Crippen LogP) is 12.7. The van der Waals surface area contributed by atoms with Gasteiger partial charge in [-0.1, -0.05) is 205 Å². The van der Waals surface area contributed by atoms with Crippen LogP contribution in [0.15, 0.2) is 24.3 Å². The molecule has 0 rings (SSSR count). The standard InChI is InChI=1S/C51H95NO7/c1-6-8-10-12-14-16-18-20-21-22-23-24-25-26-27-28-30-32-34-36-38-40-42-50(54)59-47(45-57-44-43-48(51(55)56)52(3,4)5)46-58-49(53)41-39-37-35-33-31-29-19-17-15-13-11-9-7-2/h29,31,35,37,47-48H,6-28,30,32-34,36,38-46H2,1-5H3/b31-29+,37-35+. The van der Waals surface area contributed by atoms with E-state index < -0.39 is 18.1 Å². The lowest BCUT2D eigenvalue weighted by atomic mass is 10.0. The van der Waals surface area contributed by atoms with Crippen LogP contribution in [0.2, 0.25) is 0 Å². The number of carboxylic acid groups (broad SMARTS) is 1. The number of allylic oxidation sites excluding steroid dienone is 4. The van der Waals surface area contributed by atoms with Crippen molar-refractivity contribution < 1.29 is 38.2 Å². The van der Waals surface area contributed by atoms with Gasteiger partial charge in [0, 0.05) is 19.3 Å². The Morgan fingerprint density at radius 2 is 0.932 bits per heavy atom. The van der Waals surface area contributed by atoms with Crippen LogP contribution in [0.4, 0.5) is 0 Å². The summed E-state index contributed by atoms with van der Waals surface area (Å²) < 4.78 is 17.1. The number of carbonyl (C=O) groups excluding carboxylic acids is 3. The second-order valence-electron chi connectivity index (χ2n) is 18.1. The fourth-order valence-electron chi connectivity index (χ4n) is 7.48. The first-order valence-electron chi connectivity index (χ1n) is 24.9. The number of rotatable bonds is 45. The van der Waals surface area contributed by atoms with E-state index in [0.717, 1.165) is 32.1 Å². The first kappa shape index (κ1) is 56.8. The Labute approximate surface area is 364 Å². The molecule has 0 aromatic carbocycles. The SMILES string of the molecule is CCCCCCCC/C=C/C/C=C/CCC(=O)OCC(COCCC(C(=O)[O-])[N+](C)(C)C)OC(=O)CCCCCCCCCCCCCCCCCCCCCCCC. The summed E-state index contributed by atoms with van der Waals surface area (Å²) >= 11 is 0. The molecule has 0 saturated heterocycles. The maximum atomic E-state index is 12.8. The van der Waals surface area contributed by atoms with Gasteiger partial charge >= 0.3 is 11.9 Å². The van der Waals surface area contributed by atoms with E-state index in [4.69, 9.17) is 14.2 Å². The topological polar surface area (TPSA) is 102 Å². The molecular weight excluding hydrogens is 739 g/mol. The molecule has 8 nitrogen and oxygen atoms in total. The Morgan fingerprint density at radius 3 is 1.37 bits per heavy atom. The van der Waals surface area contributed by atoms with E-state index in [1.54, 1.807) is 21.1 Å². The third-order valence-electron chi connectivity index (χ3n) is 11.4. The number of ether oxygens (including phenoxy) is 3. The summed E-state index contributed by atoms with van der Waals surface area (Å²) in [7, 11) is 5.40. The number of quaternary nitrogens is 1. The number of aliphatic carboxylic acids is 1. The van der Waals surface area contributed by atoms with Gasteiger partial charge in [-0.2, -0.15) is 0 Å². The maximum absolute atomic E-state index is 12.8. The molecular formula is C51H95NO7. The minimum atomic E-state index is -1.13. The summed E-state index contributed by atoms with van der Waals surface area (Å²) in [5.41, 5.74) is 0. The van der Waals surface area contributed by atoms with Gasteiger partial charge in [0.2, 0.25) is 0 Å². The summed E-state index contributed by atoms with van der Waals surface area (Å²) in [6.07, 6.45) is 48.0. The fraction of sp³-hybridized carbons (Fsp3) is 0.863. The molecule has 0 fully saturated rings. The molecule has 0 aromatic heterocycles. The molecule has 0 spiro atoms. The first-order chi connectivity index (χ1) is 28.6. The monoisotopic (exact) mass is 834 g/mol. The lowest BCUT2D eigenvalue weighted by Gasteiger charge is -2.34. The van der Waals surface area contributed by atoms with E-state index in [9.17, 15) is 19.5 Å². The molecule has 2 atom stereocenters. The number of hydrogen-bond donors (Lipinski definition) is 0. The van der Waals surface area contributed by atoms with E-state index in [0.29, 0.717) is 12.8 Å². The quantitative estimate of drug-likeness (QED) is 0.0260. The summed E-state index contributed by atoms with van der Waals surface area (Å²) in [4.78, 5) is 36.9. The summed E-state index contributed by atoms with van der Waals surface area (Å²) in [5, 5.41) is 11.6. The van der Waals surface area contributed by atoms with Crippen LogP contribution in [0.1, 0.15) is 232 Å². The molecule has 0 bridgehead atoms. The molecule has 0 aliphatic rings. The van der Waals surface area contributed by atoms with Gasteiger partial charge in [0.05, 0.1) is 40.3 Å². The minimum Gasteiger partial charge on any atom is -0.544 e. The molecule has 0 aliphatic heterocycles. The Hall–Kier alpha value is -2.19. The van der Waals surface area contributed by atoms with E-state index in [2.05, 4.69) is 32.1 Å². The van der Waals surface area contributed by atoms with Crippen molar-refractivity contribution in [3.8, 4) is 0 Å². The van der Waals surface area contributed by atoms with Gasteiger partial charge in [-0.3, -0.25) is 9.59 Å². The van der Waals surface area contributed by atoms with Gasteiger partial charge in [0.1, 0.15) is 12.6 Å². The van der Waals surface area contributed by atoms with E-state index in [1.165, 1.54) is 161 Å². The molecule has 0 N–H and O–H groups in total. The minimum absolute atomic E-state index is 0.0280. The number of carboxylic acids is 1. The van der Waals surface area contributed by atoms with Gasteiger partial charge < -0.3 is 28.6 Å². The van der Waals surface area contributed by atoms with Crippen LogP contribution in [-0.2, 0) is 28.6 Å². The lowest BCUT2D eigenvalue weighted by Crippen LogP contribution is -2.55. The number of carbonyl (C=O) groups is 3. The fourth-order valence-corrected chi connectivity index (χ4v) is 7.48. The van der Waals surface area contributed by atoms with E-state index in [-0.39, 0.29) is 49.1 Å². The molecule has 59 heavy (non-hydrogen) atoms. The van der Waals surface area contributed by atoms with Gasteiger partial charge in [0.25, 0.3) is 0 Å². The van der Waals surface area contributed by atoms with Crippen LogP contribution < -0.4 is 5.11 Å². The Bertz CT molecular complexity index is 1020. The third kappa shape index (κ3) is 41.0. The van der Waals surface area contributed by atoms with Crippen molar-refractivity contribution in [3.05, 3.63) is 24.3 Å². The molecule has 0 aromatic rings. The number of likely N-dealkylation sites (N-methyl/N-ethyl adjacent to an activating group) is 1. The number of hydrogen-bond acceptors (Lipinski definition) is 7. The molecule has 8 heteroatoms. The van der Waals surface area contributed by atoms with Crippen molar-refractivity contribution >= 4 is 17.9 Å². The number of nitrogens with zero attached hydrogens (tertiary/aromatic N) is 1. The van der Waals surface area contributed by atoms with Crippen LogP contribution in [0.5, 0.6) is 0 Å². The smallest absolute Gasteiger partial charge is 0.306 e. The van der Waals surface area contributed by atoms with Crippen molar-refractivity contribution in [1.82, 2.24) is 0 Å². The van der Waals surface area contributed by atoms with Crippen LogP contribution in [-0.4, -0.2) is 75.5 Å². The van der Waals surface area contributed by atoms with Crippen LogP contribution in [0.3, 0.4) is 0 Å². The normalized spacial score (nSPS) is 13.0. The third-order valence-corrected chi connectivity index (χ3v) is 11.4. The average molecular weight is 834 g/mol. The van der Waals surface area contributed by atoms with Crippen LogP contribution in [0.25, 0.3) is 0 Å². The van der Waals surface area contributed by atoms with Gasteiger partial charge in [-0.15, -0.1) is 0 Å².